The molecule has 0 aromatic heterocycles. The molecular weight excluding hydrogens is 272 g/mol. The average Bonchev–Trinajstić information content (AvgIpc) is 3.11. The molecular formula is C15H22O4Si. The van der Waals surface area contributed by atoms with Gasteiger partial charge in [0.15, 0.2) is 8.32 Å². The monoisotopic (exact) mass is 294 g/mol. The van der Waals surface area contributed by atoms with Crippen LogP contribution in [0.15, 0.2) is 24.3 Å². The summed E-state index contributed by atoms with van der Waals surface area (Å²) in [6, 6.07) is 7.75. The van der Waals surface area contributed by atoms with Crippen LogP contribution in [-0.4, -0.2) is 28.5 Å². The maximum Gasteiger partial charge on any atom is 0.312 e. The van der Waals surface area contributed by atoms with E-state index >= 15 is 0 Å². The summed E-state index contributed by atoms with van der Waals surface area (Å²) in [6.45, 7) is 6.39. The van der Waals surface area contributed by atoms with Crippen molar-refractivity contribution in [2.24, 2.45) is 5.92 Å². The average molecular weight is 294 g/mol. The quantitative estimate of drug-likeness (QED) is 0.619. The molecule has 0 spiro atoms. The van der Waals surface area contributed by atoms with E-state index in [0.717, 1.165) is 11.3 Å². The van der Waals surface area contributed by atoms with Gasteiger partial charge in [0, 0.05) is 0 Å². The molecule has 2 unspecified atom stereocenters. The largest absolute Gasteiger partial charge is 0.497 e. The topological polar surface area (TPSA) is 44.8 Å². The molecule has 2 rings (SSSR count). The van der Waals surface area contributed by atoms with Crippen molar-refractivity contribution in [3.63, 3.8) is 0 Å². The number of esters is 1. The molecule has 0 radical (unpaired) electrons. The zero-order valence-corrected chi connectivity index (χ0v) is 13.7. The highest BCUT2D eigenvalue weighted by Crippen LogP contribution is 2.57. The van der Waals surface area contributed by atoms with Gasteiger partial charge in [0.2, 0.25) is 0 Å². The molecule has 1 aromatic rings. The molecule has 20 heavy (non-hydrogen) atoms. The fourth-order valence-corrected chi connectivity index (χ4v) is 4.01. The summed E-state index contributed by atoms with van der Waals surface area (Å²) in [4.78, 5) is 11.9. The zero-order valence-electron chi connectivity index (χ0n) is 12.7. The number of benzene rings is 1. The Hall–Kier alpha value is -1.33. The highest BCUT2D eigenvalue weighted by molar-refractivity contribution is 6.69. The van der Waals surface area contributed by atoms with Crippen molar-refractivity contribution in [2.45, 2.75) is 31.7 Å². The van der Waals surface area contributed by atoms with Crippen LogP contribution in [0.3, 0.4) is 0 Å². The Bertz CT molecular complexity index is 492. The number of carbonyl (C=O) groups excluding carboxylic acids is 1. The lowest BCUT2D eigenvalue weighted by atomic mass is 10.1. The lowest BCUT2D eigenvalue weighted by Gasteiger charge is -2.27. The van der Waals surface area contributed by atoms with Crippen molar-refractivity contribution < 1.29 is 18.7 Å². The minimum atomic E-state index is -1.77. The maximum atomic E-state index is 11.9. The first kappa shape index (κ1) is 15.1. The third-order valence-electron chi connectivity index (χ3n) is 3.46. The first-order chi connectivity index (χ1) is 9.32. The van der Waals surface area contributed by atoms with Crippen molar-refractivity contribution >= 4 is 14.3 Å². The molecule has 1 aliphatic rings. The SMILES string of the molecule is COC(=O)C1CC1(O[Si](C)(C)C)c1ccc(OC)cc1. The van der Waals surface area contributed by atoms with E-state index in [1.54, 1.807) is 7.11 Å². The van der Waals surface area contributed by atoms with Crippen LogP contribution in [0.4, 0.5) is 0 Å². The molecule has 2 atom stereocenters. The molecule has 1 fully saturated rings. The van der Waals surface area contributed by atoms with Crippen molar-refractivity contribution in [1.29, 1.82) is 0 Å². The molecule has 0 heterocycles. The minimum absolute atomic E-state index is 0.195. The van der Waals surface area contributed by atoms with Gasteiger partial charge < -0.3 is 13.9 Å². The Morgan fingerprint density at radius 1 is 1.20 bits per heavy atom. The second kappa shape index (κ2) is 5.22. The Morgan fingerprint density at radius 3 is 2.25 bits per heavy atom. The van der Waals surface area contributed by atoms with Crippen molar-refractivity contribution in [3.05, 3.63) is 29.8 Å². The lowest BCUT2D eigenvalue weighted by molar-refractivity contribution is -0.143. The van der Waals surface area contributed by atoms with Crippen LogP contribution >= 0.6 is 0 Å². The Morgan fingerprint density at radius 2 is 1.80 bits per heavy atom. The van der Waals surface area contributed by atoms with Crippen LogP contribution in [0.2, 0.25) is 19.6 Å². The third kappa shape index (κ3) is 2.88. The van der Waals surface area contributed by atoms with Crippen LogP contribution < -0.4 is 4.74 Å². The lowest BCUT2D eigenvalue weighted by Crippen LogP contribution is -2.34. The standard InChI is InChI=1S/C15H22O4Si/c1-17-12-8-6-11(7-9-12)15(19-20(3,4)5)10-13(15)14(16)18-2/h6-9,13H,10H2,1-5H3. The van der Waals surface area contributed by atoms with Crippen LogP contribution in [0, 0.1) is 5.92 Å². The molecule has 0 bridgehead atoms. The molecule has 0 saturated heterocycles. The molecule has 0 amide bonds. The van der Waals surface area contributed by atoms with Gasteiger partial charge in [-0.15, -0.1) is 0 Å². The van der Waals surface area contributed by atoms with Crippen molar-refractivity contribution in [2.75, 3.05) is 14.2 Å². The Labute approximate surface area is 121 Å². The predicted octanol–water partition coefficient (Wildman–Crippen LogP) is 2.93. The van der Waals surface area contributed by atoms with E-state index in [2.05, 4.69) is 19.6 Å². The van der Waals surface area contributed by atoms with E-state index in [1.165, 1.54) is 7.11 Å². The number of rotatable bonds is 5. The van der Waals surface area contributed by atoms with Crippen molar-refractivity contribution in [3.8, 4) is 5.75 Å². The number of carbonyl (C=O) groups is 1. The molecule has 0 N–H and O–H groups in total. The van der Waals surface area contributed by atoms with Gasteiger partial charge in [-0.05, 0) is 43.8 Å². The fraction of sp³-hybridized carbons (Fsp3) is 0.533. The summed E-state index contributed by atoms with van der Waals surface area (Å²) in [5, 5.41) is 0. The zero-order chi connectivity index (χ0) is 15.0. The second-order valence-electron chi connectivity index (χ2n) is 6.11. The summed E-state index contributed by atoms with van der Waals surface area (Å²) in [6.07, 6.45) is 0.691. The number of methoxy groups -OCH3 is 2. The first-order valence-electron chi connectivity index (χ1n) is 6.75. The molecule has 5 heteroatoms. The highest BCUT2D eigenvalue weighted by Gasteiger charge is 2.62. The number of ether oxygens (including phenoxy) is 2. The Balaban J connectivity index is 2.30. The molecule has 110 valence electrons. The summed E-state index contributed by atoms with van der Waals surface area (Å²) in [7, 11) is 1.29. The predicted molar refractivity (Wildman–Crippen MR) is 79.2 cm³/mol. The Kier molecular flexibility index (Phi) is 3.93. The van der Waals surface area contributed by atoms with Gasteiger partial charge in [-0.25, -0.2) is 0 Å². The van der Waals surface area contributed by atoms with Gasteiger partial charge in [0.25, 0.3) is 0 Å². The normalized spacial score (nSPS) is 25.1. The highest BCUT2D eigenvalue weighted by atomic mass is 28.4. The van der Waals surface area contributed by atoms with Gasteiger partial charge in [0.05, 0.1) is 25.7 Å². The first-order valence-corrected chi connectivity index (χ1v) is 10.2. The van der Waals surface area contributed by atoms with E-state index in [-0.39, 0.29) is 11.9 Å². The van der Waals surface area contributed by atoms with Gasteiger partial charge >= 0.3 is 5.97 Å². The number of hydrogen-bond acceptors (Lipinski definition) is 4. The van der Waals surface area contributed by atoms with Crippen LogP contribution in [-0.2, 0) is 19.6 Å². The van der Waals surface area contributed by atoms with Gasteiger partial charge in [-0.2, -0.15) is 0 Å². The van der Waals surface area contributed by atoms with Crippen LogP contribution in [0.5, 0.6) is 5.75 Å². The summed E-state index contributed by atoms with van der Waals surface area (Å²) >= 11 is 0. The van der Waals surface area contributed by atoms with Crippen LogP contribution in [0.25, 0.3) is 0 Å². The summed E-state index contributed by atoms with van der Waals surface area (Å²) in [5.41, 5.74) is 0.514. The van der Waals surface area contributed by atoms with E-state index in [4.69, 9.17) is 13.9 Å². The smallest absolute Gasteiger partial charge is 0.312 e. The van der Waals surface area contributed by atoms with Gasteiger partial charge in [-0.3, -0.25) is 4.79 Å². The fourth-order valence-electron chi connectivity index (χ4n) is 2.57. The number of hydrogen-bond donors (Lipinski definition) is 0. The molecule has 0 aliphatic heterocycles. The maximum absolute atomic E-state index is 11.9. The molecule has 1 aliphatic carbocycles. The second-order valence-corrected chi connectivity index (χ2v) is 10.5. The van der Waals surface area contributed by atoms with E-state index in [9.17, 15) is 4.79 Å². The third-order valence-corrected chi connectivity index (χ3v) is 4.44. The molecule has 1 saturated carbocycles. The minimum Gasteiger partial charge on any atom is -0.497 e. The van der Waals surface area contributed by atoms with E-state index in [0.29, 0.717) is 6.42 Å². The van der Waals surface area contributed by atoms with E-state index in [1.807, 2.05) is 24.3 Å². The van der Waals surface area contributed by atoms with Crippen molar-refractivity contribution in [1.82, 2.24) is 0 Å². The van der Waals surface area contributed by atoms with E-state index < -0.39 is 13.9 Å². The molecule has 1 aromatic carbocycles. The summed E-state index contributed by atoms with van der Waals surface area (Å²) < 4.78 is 16.4. The summed E-state index contributed by atoms with van der Waals surface area (Å²) in [5.74, 6) is 0.402. The van der Waals surface area contributed by atoms with Crippen LogP contribution in [0.1, 0.15) is 12.0 Å². The van der Waals surface area contributed by atoms with Gasteiger partial charge in [-0.1, -0.05) is 12.1 Å². The van der Waals surface area contributed by atoms with Gasteiger partial charge in [0.1, 0.15) is 5.75 Å². The molecule has 4 nitrogen and oxygen atoms in total.